The van der Waals surface area contributed by atoms with Gasteiger partial charge in [-0.25, -0.2) is 0 Å². The minimum atomic E-state index is -0.218. The molecule has 2 N–H and O–H groups in total. The number of aliphatic hydroxyl groups is 1. The van der Waals surface area contributed by atoms with Crippen LogP contribution in [0, 0.1) is 5.41 Å². The van der Waals surface area contributed by atoms with E-state index in [9.17, 15) is 14.7 Å². The first-order valence-electron chi connectivity index (χ1n) is 7.14. The topological polar surface area (TPSA) is 78.8 Å². The van der Waals surface area contributed by atoms with E-state index < -0.39 is 0 Å². The van der Waals surface area contributed by atoms with Crippen LogP contribution in [0.2, 0.25) is 0 Å². The number of carbonyl (C=O) groups excluding carboxylic acids is 2. The predicted octanol–water partition coefficient (Wildman–Crippen LogP) is 3.55. The van der Waals surface area contributed by atoms with Crippen molar-refractivity contribution in [2.24, 2.45) is 10.4 Å². The van der Waals surface area contributed by atoms with Gasteiger partial charge in [-0.05, 0) is 23.6 Å². The monoisotopic (exact) mass is 300 g/mol. The van der Waals surface area contributed by atoms with Crippen LogP contribution >= 0.6 is 0 Å². The highest BCUT2D eigenvalue weighted by molar-refractivity contribution is 6.14. The molecule has 0 fully saturated rings. The molecule has 0 aliphatic heterocycles. The molecule has 0 radical (unpaired) electrons. The highest BCUT2D eigenvalue weighted by Crippen LogP contribution is 2.35. The number of hydrogen-bond donors (Lipinski definition) is 2. The van der Waals surface area contributed by atoms with Crippen LogP contribution in [-0.4, -0.2) is 23.0 Å². The fourth-order valence-electron chi connectivity index (χ4n) is 2.45. The number of nitrogens with zero attached hydrogens (tertiary/aromatic N) is 1. The maximum absolute atomic E-state index is 12.1. The lowest BCUT2D eigenvalue weighted by Gasteiger charge is -2.28. The number of nitrogens with one attached hydrogen (secondary N) is 1. The average molecular weight is 300 g/mol. The van der Waals surface area contributed by atoms with Gasteiger partial charge < -0.3 is 10.4 Å². The Bertz CT molecular complexity index is 672. The summed E-state index contributed by atoms with van der Waals surface area (Å²) < 4.78 is 0. The Hall–Kier alpha value is -2.43. The number of aliphatic hydroxyl groups excluding tert-OH is 1. The van der Waals surface area contributed by atoms with Crippen LogP contribution in [0.15, 0.2) is 40.6 Å². The zero-order valence-corrected chi connectivity index (χ0v) is 13.0. The number of aliphatic imine (C=N–C) groups is 1. The van der Waals surface area contributed by atoms with Crippen molar-refractivity contribution in [2.45, 2.75) is 33.6 Å². The summed E-state index contributed by atoms with van der Waals surface area (Å²) in [5.41, 5.74) is 1.29. The molecule has 5 heteroatoms. The largest absolute Gasteiger partial charge is 0.511 e. The van der Waals surface area contributed by atoms with Crippen LogP contribution in [0.5, 0.6) is 0 Å². The highest BCUT2D eigenvalue weighted by atomic mass is 16.3. The summed E-state index contributed by atoms with van der Waals surface area (Å²) in [6.45, 7) is 5.33. The molecule has 1 aromatic carbocycles. The normalized spacial score (nSPS) is 17.9. The van der Waals surface area contributed by atoms with E-state index in [4.69, 9.17) is 0 Å². The van der Waals surface area contributed by atoms with E-state index in [1.807, 2.05) is 13.8 Å². The van der Waals surface area contributed by atoms with Gasteiger partial charge in [0.2, 0.25) is 5.91 Å². The fourth-order valence-corrected chi connectivity index (χ4v) is 2.45. The van der Waals surface area contributed by atoms with E-state index >= 15 is 0 Å². The van der Waals surface area contributed by atoms with Gasteiger partial charge in [-0.2, -0.15) is 0 Å². The van der Waals surface area contributed by atoms with Crippen molar-refractivity contribution in [1.82, 2.24) is 0 Å². The molecule has 0 heterocycles. The van der Waals surface area contributed by atoms with Gasteiger partial charge in [-0.15, -0.1) is 0 Å². The number of anilines is 1. The van der Waals surface area contributed by atoms with E-state index in [-0.39, 0.29) is 28.4 Å². The smallest absolute Gasteiger partial charge is 0.221 e. The summed E-state index contributed by atoms with van der Waals surface area (Å²) in [6, 6.07) is 6.98. The summed E-state index contributed by atoms with van der Waals surface area (Å²) in [5, 5.41) is 12.7. The molecule has 2 rings (SSSR count). The van der Waals surface area contributed by atoms with Crippen molar-refractivity contribution in [3.05, 3.63) is 35.6 Å². The molecule has 0 unspecified atom stereocenters. The summed E-state index contributed by atoms with van der Waals surface area (Å²) in [6.07, 6.45) is 2.26. The summed E-state index contributed by atoms with van der Waals surface area (Å²) in [7, 11) is 0. The Labute approximate surface area is 129 Å². The van der Waals surface area contributed by atoms with Crippen molar-refractivity contribution >= 4 is 29.3 Å². The number of hydrogen-bond acceptors (Lipinski definition) is 4. The van der Waals surface area contributed by atoms with Gasteiger partial charge in [0.05, 0.1) is 11.3 Å². The summed E-state index contributed by atoms with van der Waals surface area (Å²) in [5.74, 6) is -0.176. The van der Waals surface area contributed by atoms with E-state index in [1.165, 1.54) is 13.1 Å². The molecule has 0 spiro atoms. The molecule has 0 atom stereocenters. The minimum absolute atomic E-state index is 0.0861. The van der Waals surface area contributed by atoms with Gasteiger partial charge in [0.15, 0.2) is 5.78 Å². The predicted molar refractivity (Wildman–Crippen MR) is 86.6 cm³/mol. The number of rotatable bonds is 3. The zero-order chi connectivity index (χ0) is 16.3. The molecule has 1 aromatic rings. The molecule has 116 valence electrons. The van der Waals surface area contributed by atoms with Gasteiger partial charge in [0, 0.05) is 31.7 Å². The van der Waals surface area contributed by atoms with E-state index in [0.717, 1.165) is 0 Å². The Morgan fingerprint density at radius 1 is 1.36 bits per heavy atom. The van der Waals surface area contributed by atoms with Crippen molar-refractivity contribution in [1.29, 1.82) is 0 Å². The first-order chi connectivity index (χ1) is 10.3. The molecule has 0 bridgehead atoms. The zero-order valence-electron chi connectivity index (χ0n) is 13.0. The van der Waals surface area contributed by atoms with Gasteiger partial charge >= 0.3 is 0 Å². The van der Waals surface area contributed by atoms with Crippen molar-refractivity contribution in [3.8, 4) is 0 Å². The van der Waals surface area contributed by atoms with Gasteiger partial charge in [-0.1, -0.05) is 19.9 Å². The second kappa shape index (κ2) is 6.13. The van der Waals surface area contributed by atoms with Crippen LogP contribution in [0.4, 0.5) is 11.4 Å². The fraction of sp³-hybridized carbons (Fsp3) is 0.353. The Morgan fingerprint density at radius 2 is 2.09 bits per heavy atom. The maximum atomic E-state index is 12.1. The third kappa shape index (κ3) is 4.04. The van der Waals surface area contributed by atoms with Crippen LogP contribution in [0.3, 0.4) is 0 Å². The van der Waals surface area contributed by atoms with E-state index in [1.54, 1.807) is 24.3 Å². The Kier molecular flexibility index (Phi) is 4.45. The standard InChI is InChI=1S/C17H20N2O3/c1-11(20)19-13-6-4-5-12(7-13)18-10-14-15(21)8-17(2,3)9-16(14)22/h4-7,10,21H,8-9H2,1-3H3,(H,19,20). The highest BCUT2D eigenvalue weighted by Gasteiger charge is 2.32. The SMILES string of the molecule is CC(=O)Nc1cccc(N=CC2=C(O)CC(C)(C)CC2=O)c1. The lowest BCUT2D eigenvalue weighted by Crippen LogP contribution is -2.26. The van der Waals surface area contributed by atoms with E-state index in [2.05, 4.69) is 10.3 Å². The first-order valence-corrected chi connectivity index (χ1v) is 7.14. The molecule has 0 aromatic heterocycles. The lowest BCUT2D eigenvalue weighted by atomic mass is 9.77. The quantitative estimate of drug-likeness (QED) is 0.838. The van der Waals surface area contributed by atoms with Crippen molar-refractivity contribution in [3.63, 3.8) is 0 Å². The maximum Gasteiger partial charge on any atom is 0.221 e. The number of Topliss-reactive ketones (excluding diaryl/α,β-unsaturated/α-hetero) is 1. The van der Waals surface area contributed by atoms with Gasteiger partial charge in [-0.3, -0.25) is 14.6 Å². The molecule has 5 nitrogen and oxygen atoms in total. The van der Waals surface area contributed by atoms with Gasteiger partial charge in [0.1, 0.15) is 5.76 Å². The second-order valence-electron chi connectivity index (χ2n) is 6.29. The van der Waals surface area contributed by atoms with Crippen LogP contribution in [0.1, 0.15) is 33.6 Å². The van der Waals surface area contributed by atoms with Crippen LogP contribution < -0.4 is 5.32 Å². The summed E-state index contributed by atoms with van der Waals surface area (Å²) >= 11 is 0. The molecule has 22 heavy (non-hydrogen) atoms. The molecular weight excluding hydrogens is 280 g/mol. The minimum Gasteiger partial charge on any atom is -0.511 e. The number of ketones is 1. The molecule has 0 saturated carbocycles. The third-order valence-electron chi connectivity index (χ3n) is 3.41. The molecule has 1 aliphatic carbocycles. The number of allylic oxidation sites excluding steroid dienone is 2. The average Bonchev–Trinajstić information content (AvgIpc) is 2.35. The van der Waals surface area contributed by atoms with Crippen LogP contribution in [-0.2, 0) is 9.59 Å². The molecular formula is C17H20N2O3. The van der Waals surface area contributed by atoms with Gasteiger partial charge in [0.25, 0.3) is 0 Å². The third-order valence-corrected chi connectivity index (χ3v) is 3.41. The first kappa shape index (κ1) is 15.9. The lowest BCUT2D eigenvalue weighted by molar-refractivity contribution is -0.118. The molecule has 1 aliphatic rings. The van der Waals surface area contributed by atoms with Crippen molar-refractivity contribution < 1.29 is 14.7 Å². The Balaban J connectivity index is 2.21. The second-order valence-corrected chi connectivity index (χ2v) is 6.29. The van der Waals surface area contributed by atoms with Crippen molar-refractivity contribution in [2.75, 3.05) is 5.32 Å². The summed E-state index contributed by atoms with van der Waals surface area (Å²) in [4.78, 5) is 27.4. The number of benzene rings is 1. The van der Waals surface area contributed by atoms with Crippen LogP contribution in [0.25, 0.3) is 0 Å². The molecule has 1 amide bonds. The Morgan fingerprint density at radius 3 is 2.73 bits per heavy atom. The van der Waals surface area contributed by atoms with E-state index in [0.29, 0.717) is 24.2 Å². The molecule has 0 saturated heterocycles. The number of carbonyl (C=O) groups is 2. The number of amides is 1.